The molecule has 0 aliphatic heterocycles. The predicted molar refractivity (Wildman–Crippen MR) is 151 cm³/mol. The third-order valence-corrected chi connectivity index (χ3v) is 8.60. The molecule has 2 atom stereocenters. The number of halogens is 4. The number of sulfonamides is 1. The Morgan fingerprint density at radius 2 is 1.60 bits per heavy atom. The largest absolute Gasteiger partial charge is 0.416 e. The average Bonchev–Trinajstić information content (AvgIpc) is 2.94. The molecule has 0 saturated heterocycles. The summed E-state index contributed by atoms with van der Waals surface area (Å²) in [6.07, 6.45) is -4.18. The van der Waals surface area contributed by atoms with Crippen LogP contribution >= 0.6 is 0 Å². The lowest BCUT2D eigenvalue weighted by atomic mass is 10.1. The highest BCUT2D eigenvalue weighted by Crippen LogP contribution is 2.33. The van der Waals surface area contributed by atoms with Gasteiger partial charge in [0.1, 0.15) is 18.4 Å². The molecule has 0 unspecified atom stereocenters. The second kappa shape index (κ2) is 13.4. The third kappa shape index (κ3) is 7.87. The smallest absolute Gasteiger partial charge is 0.352 e. The molecule has 0 saturated carbocycles. The zero-order valence-electron chi connectivity index (χ0n) is 23.7. The molecule has 0 bridgehead atoms. The maximum Gasteiger partial charge on any atom is 0.416 e. The Labute approximate surface area is 243 Å². The first kappa shape index (κ1) is 32.6. The van der Waals surface area contributed by atoms with E-state index in [0.717, 1.165) is 28.7 Å². The second-order valence-corrected chi connectivity index (χ2v) is 11.8. The monoisotopic (exact) mass is 607 g/mol. The molecule has 2 amide bonds. The maximum atomic E-state index is 14.6. The fourth-order valence-electron chi connectivity index (χ4n) is 4.06. The number of alkyl halides is 3. The number of amides is 2. The van der Waals surface area contributed by atoms with E-state index in [1.165, 1.54) is 49.4 Å². The lowest BCUT2D eigenvalue weighted by molar-refractivity contribution is -0.139. The summed E-state index contributed by atoms with van der Waals surface area (Å²) in [5, 5.41) is 2.75. The highest BCUT2D eigenvalue weighted by Gasteiger charge is 2.35. The third-order valence-electron chi connectivity index (χ3n) is 6.82. The van der Waals surface area contributed by atoms with Crippen molar-refractivity contribution < 1.29 is 35.6 Å². The second-order valence-electron chi connectivity index (χ2n) is 9.98. The van der Waals surface area contributed by atoms with Gasteiger partial charge in [-0.15, -0.1) is 0 Å². The molecule has 3 aromatic carbocycles. The molecule has 7 nitrogen and oxygen atoms in total. The van der Waals surface area contributed by atoms with Gasteiger partial charge in [-0.2, -0.15) is 13.2 Å². The Hall–Kier alpha value is -3.93. The SMILES string of the molecule is CC[C@@H](C)NC(=O)[C@H](C)N(Cc1ccccc1F)C(=O)CN(c1cccc(C(F)(F)F)c1)S(=O)(=O)c1ccc(C)cc1. The van der Waals surface area contributed by atoms with Crippen molar-refractivity contribution in [2.75, 3.05) is 10.8 Å². The Morgan fingerprint density at radius 3 is 2.19 bits per heavy atom. The molecular formula is C30H33F4N3O4S. The molecule has 3 aromatic rings. The average molecular weight is 608 g/mol. The topological polar surface area (TPSA) is 86.8 Å². The number of aryl methyl sites for hydroxylation is 1. The molecule has 0 aliphatic carbocycles. The number of rotatable bonds is 11. The molecule has 3 rings (SSSR count). The fraction of sp³-hybridized carbons (Fsp3) is 0.333. The summed E-state index contributed by atoms with van der Waals surface area (Å²) in [6.45, 7) is 5.42. The van der Waals surface area contributed by atoms with Crippen LogP contribution in [-0.4, -0.2) is 43.8 Å². The Kier molecular flexibility index (Phi) is 10.4. The molecule has 12 heteroatoms. The van der Waals surface area contributed by atoms with E-state index in [4.69, 9.17) is 0 Å². The number of hydrogen-bond acceptors (Lipinski definition) is 4. The van der Waals surface area contributed by atoms with Crippen LogP contribution in [0.4, 0.5) is 23.2 Å². The van der Waals surface area contributed by atoms with Crippen LogP contribution in [0.1, 0.15) is 43.9 Å². The van der Waals surface area contributed by atoms with E-state index < -0.39 is 57.7 Å². The van der Waals surface area contributed by atoms with Crippen molar-refractivity contribution in [2.45, 2.75) is 63.8 Å². The number of anilines is 1. The summed E-state index contributed by atoms with van der Waals surface area (Å²) in [5.74, 6) is -2.12. The summed E-state index contributed by atoms with van der Waals surface area (Å²) in [7, 11) is -4.57. The first-order chi connectivity index (χ1) is 19.6. The molecule has 42 heavy (non-hydrogen) atoms. The maximum absolute atomic E-state index is 14.6. The quantitative estimate of drug-likeness (QED) is 0.284. The molecule has 0 radical (unpaired) electrons. The molecule has 0 heterocycles. The van der Waals surface area contributed by atoms with E-state index in [1.807, 2.05) is 6.92 Å². The minimum absolute atomic E-state index is 0.0704. The minimum atomic E-state index is -4.78. The Morgan fingerprint density at radius 1 is 0.952 bits per heavy atom. The lowest BCUT2D eigenvalue weighted by Crippen LogP contribution is -2.52. The highest BCUT2D eigenvalue weighted by molar-refractivity contribution is 7.92. The lowest BCUT2D eigenvalue weighted by Gasteiger charge is -2.32. The van der Waals surface area contributed by atoms with Gasteiger partial charge in [0.05, 0.1) is 16.1 Å². The number of nitrogens with zero attached hydrogens (tertiary/aromatic N) is 2. The van der Waals surface area contributed by atoms with Crippen molar-refractivity contribution in [3.8, 4) is 0 Å². The van der Waals surface area contributed by atoms with Crippen molar-refractivity contribution in [3.63, 3.8) is 0 Å². The van der Waals surface area contributed by atoms with Gasteiger partial charge >= 0.3 is 6.18 Å². The van der Waals surface area contributed by atoms with E-state index in [-0.39, 0.29) is 23.0 Å². The van der Waals surface area contributed by atoms with Crippen LogP contribution < -0.4 is 9.62 Å². The summed E-state index contributed by atoms with van der Waals surface area (Å²) < 4.78 is 83.5. The van der Waals surface area contributed by atoms with Gasteiger partial charge in [-0.05, 0) is 63.6 Å². The van der Waals surface area contributed by atoms with Crippen LogP contribution in [0.3, 0.4) is 0 Å². The highest BCUT2D eigenvalue weighted by atomic mass is 32.2. The normalized spacial score (nSPS) is 13.2. The van der Waals surface area contributed by atoms with E-state index in [0.29, 0.717) is 16.8 Å². The molecule has 1 N–H and O–H groups in total. The molecule has 0 fully saturated rings. The fourth-order valence-corrected chi connectivity index (χ4v) is 5.47. The number of nitrogens with one attached hydrogen (secondary N) is 1. The first-order valence-electron chi connectivity index (χ1n) is 13.2. The van der Waals surface area contributed by atoms with Crippen molar-refractivity contribution >= 4 is 27.5 Å². The summed E-state index contributed by atoms with van der Waals surface area (Å²) in [4.78, 5) is 27.7. The standard InChI is InChI=1S/C30H33F4N3O4S/c1-5-21(3)35-29(39)22(4)36(18-23-9-6-7-12-27(23)31)28(38)19-37(25-11-8-10-24(17-25)30(32,33)34)42(40,41)26-15-13-20(2)14-16-26/h6-17,21-22H,5,18-19H2,1-4H3,(H,35,39)/t21-,22+/m1/s1. The zero-order valence-corrected chi connectivity index (χ0v) is 24.5. The van der Waals surface area contributed by atoms with Crippen LogP contribution in [0.2, 0.25) is 0 Å². The van der Waals surface area contributed by atoms with E-state index >= 15 is 0 Å². The number of carbonyl (C=O) groups excluding carboxylic acids is 2. The predicted octanol–water partition coefficient (Wildman–Crippen LogP) is 5.68. The van der Waals surface area contributed by atoms with Crippen LogP contribution in [0.25, 0.3) is 0 Å². The molecule has 0 aromatic heterocycles. The van der Waals surface area contributed by atoms with Crippen molar-refractivity contribution in [1.29, 1.82) is 0 Å². The van der Waals surface area contributed by atoms with Gasteiger partial charge in [-0.25, -0.2) is 12.8 Å². The number of carbonyl (C=O) groups is 2. The molecule has 0 spiro atoms. The summed E-state index contributed by atoms with van der Waals surface area (Å²) in [5.41, 5.74) is -0.698. The van der Waals surface area contributed by atoms with Crippen LogP contribution in [0.5, 0.6) is 0 Å². The summed E-state index contributed by atoms with van der Waals surface area (Å²) >= 11 is 0. The Balaban J connectivity index is 2.10. The summed E-state index contributed by atoms with van der Waals surface area (Å²) in [6, 6.07) is 13.4. The van der Waals surface area contributed by atoms with E-state index in [9.17, 15) is 35.6 Å². The first-order valence-corrected chi connectivity index (χ1v) is 14.7. The minimum Gasteiger partial charge on any atom is -0.352 e. The van der Waals surface area contributed by atoms with Gasteiger partial charge in [0.15, 0.2) is 0 Å². The number of benzene rings is 3. The van der Waals surface area contributed by atoms with Gasteiger partial charge in [0.2, 0.25) is 11.8 Å². The van der Waals surface area contributed by atoms with E-state index in [1.54, 1.807) is 19.9 Å². The van der Waals surface area contributed by atoms with Gasteiger partial charge in [-0.3, -0.25) is 13.9 Å². The van der Waals surface area contributed by atoms with Crippen molar-refractivity contribution in [3.05, 3.63) is 95.3 Å². The zero-order chi connectivity index (χ0) is 31.2. The van der Waals surface area contributed by atoms with Crippen LogP contribution in [0, 0.1) is 12.7 Å². The molecular weight excluding hydrogens is 574 g/mol. The van der Waals surface area contributed by atoms with Gasteiger partial charge in [-0.1, -0.05) is 48.9 Å². The van der Waals surface area contributed by atoms with Gasteiger partial charge in [0, 0.05) is 18.2 Å². The number of hydrogen-bond donors (Lipinski definition) is 1. The van der Waals surface area contributed by atoms with Crippen LogP contribution in [0.15, 0.2) is 77.7 Å². The molecule has 226 valence electrons. The Bertz CT molecular complexity index is 1510. The van der Waals surface area contributed by atoms with Gasteiger partial charge in [0.25, 0.3) is 10.0 Å². The van der Waals surface area contributed by atoms with Crippen molar-refractivity contribution in [2.24, 2.45) is 0 Å². The molecule has 0 aliphatic rings. The van der Waals surface area contributed by atoms with Gasteiger partial charge < -0.3 is 10.2 Å². The van der Waals surface area contributed by atoms with Crippen molar-refractivity contribution in [1.82, 2.24) is 10.2 Å². The van der Waals surface area contributed by atoms with Crippen LogP contribution in [-0.2, 0) is 32.3 Å². The van der Waals surface area contributed by atoms with E-state index in [2.05, 4.69) is 5.32 Å².